The molecule has 0 saturated carbocycles. The molecule has 1 amide bonds. The summed E-state index contributed by atoms with van der Waals surface area (Å²) in [5.41, 5.74) is 0. The van der Waals surface area contributed by atoms with Gasteiger partial charge >= 0.3 is 6.03 Å². The van der Waals surface area contributed by atoms with Crippen molar-refractivity contribution in [2.45, 2.75) is 32.3 Å². The maximum Gasteiger partial charge on any atom is 0.346 e. The van der Waals surface area contributed by atoms with Crippen LogP contribution in [0.2, 0.25) is 0 Å². The van der Waals surface area contributed by atoms with E-state index in [4.69, 9.17) is 4.74 Å². The van der Waals surface area contributed by atoms with Gasteiger partial charge in [-0.2, -0.15) is 4.68 Å². The number of likely N-dealkylation sites (N-methyl/N-ethyl adjacent to an activating group) is 1. The number of sulfone groups is 1. The molecule has 1 aromatic heterocycles. The van der Waals surface area contributed by atoms with Gasteiger partial charge in [0.25, 0.3) is 5.16 Å². The Morgan fingerprint density at radius 3 is 2.67 bits per heavy atom. The van der Waals surface area contributed by atoms with Gasteiger partial charge in [0.2, 0.25) is 9.84 Å². The van der Waals surface area contributed by atoms with Gasteiger partial charge in [0.15, 0.2) is 0 Å². The summed E-state index contributed by atoms with van der Waals surface area (Å²) in [5, 5.41) is 3.48. The Labute approximate surface area is 125 Å². The van der Waals surface area contributed by atoms with Gasteiger partial charge in [0.1, 0.15) is 6.33 Å². The summed E-state index contributed by atoms with van der Waals surface area (Å²) in [6.45, 7) is 7.35. The van der Waals surface area contributed by atoms with E-state index in [1.165, 1.54) is 4.90 Å². The molecule has 21 heavy (non-hydrogen) atoms. The molecule has 1 heterocycles. The molecular formula is C12H22N4O4S. The van der Waals surface area contributed by atoms with Crippen molar-refractivity contribution in [1.82, 2.24) is 19.7 Å². The lowest BCUT2D eigenvalue weighted by molar-refractivity contribution is 0.120. The first-order chi connectivity index (χ1) is 9.96. The van der Waals surface area contributed by atoms with Crippen LogP contribution in [0.4, 0.5) is 4.79 Å². The highest BCUT2D eigenvalue weighted by Gasteiger charge is 2.22. The summed E-state index contributed by atoms with van der Waals surface area (Å²) in [6.07, 6.45) is 1.61. The van der Waals surface area contributed by atoms with Crippen molar-refractivity contribution in [2.24, 2.45) is 0 Å². The Morgan fingerprint density at radius 2 is 2.10 bits per heavy atom. The summed E-state index contributed by atoms with van der Waals surface area (Å²) < 4.78 is 29.8. The minimum Gasteiger partial charge on any atom is -0.380 e. The monoisotopic (exact) mass is 318 g/mol. The van der Waals surface area contributed by atoms with E-state index >= 15 is 0 Å². The second kappa shape index (κ2) is 8.08. The number of ether oxygens (including phenoxy) is 1. The van der Waals surface area contributed by atoms with E-state index in [9.17, 15) is 13.2 Å². The number of aromatic nitrogens is 3. The molecule has 0 spiro atoms. The first-order valence-electron chi connectivity index (χ1n) is 6.97. The van der Waals surface area contributed by atoms with Crippen molar-refractivity contribution in [3.63, 3.8) is 0 Å². The lowest BCUT2D eigenvalue weighted by atomic mass is 10.5. The Balaban J connectivity index is 2.81. The Hall–Kier alpha value is -1.48. The molecule has 0 N–H and O–H groups in total. The fourth-order valence-corrected chi connectivity index (χ4v) is 2.84. The van der Waals surface area contributed by atoms with Crippen LogP contribution < -0.4 is 0 Å². The van der Waals surface area contributed by atoms with E-state index in [1.54, 1.807) is 6.92 Å². The number of hydrogen-bond donors (Lipinski definition) is 0. The van der Waals surface area contributed by atoms with Crippen molar-refractivity contribution in [2.75, 3.05) is 32.1 Å². The molecule has 0 aliphatic carbocycles. The largest absolute Gasteiger partial charge is 0.380 e. The highest BCUT2D eigenvalue weighted by Crippen LogP contribution is 2.06. The highest BCUT2D eigenvalue weighted by molar-refractivity contribution is 7.91. The molecule has 0 bridgehead atoms. The van der Waals surface area contributed by atoms with Gasteiger partial charge in [-0.25, -0.2) is 18.2 Å². The summed E-state index contributed by atoms with van der Waals surface area (Å²) in [4.78, 5) is 17.4. The predicted molar refractivity (Wildman–Crippen MR) is 76.9 cm³/mol. The molecule has 0 unspecified atom stereocenters. The zero-order valence-electron chi connectivity index (χ0n) is 12.7. The van der Waals surface area contributed by atoms with Crippen LogP contribution in [-0.2, 0) is 14.6 Å². The minimum absolute atomic E-state index is 0.0347. The van der Waals surface area contributed by atoms with Gasteiger partial charge in [-0.05, 0) is 20.3 Å². The van der Waals surface area contributed by atoms with Crippen molar-refractivity contribution in [3.8, 4) is 0 Å². The second-order valence-corrected chi connectivity index (χ2v) is 6.35. The van der Waals surface area contributed by atoms with Gasteiger partial charge in [-0.15, -0.1) is 5.10 Å². The number of amides is 1. The van der Waals surface area contributed by atoms with Crippen molar-refractivity contribution in [1.29, 1.82) is 0 Å². The van der Waals surface area contributed by atoms with E-state index in [1.807, 2.05) is 13.8 Å². The van der Waals surface area contributed by atoms with Gasteiger partial charge in [-0.1, -0.05) is 6.92 Å². The van der Waals surface area contributed by atoms with Crippen LogP contribution in [0.3, 0.4) is 0 Å². The van der Waals surface area contributed by atoms with Crippen molar-refractivity contribution >= 4 is 15.9 Å². The molecule has 0 aromatic carbocycles. The first kappa shape index (κ1) is 17.6. The third kappa shape index (κ3) is 4.78. The van der Waals surface area contributed by atoms with Crippen LogP contribution in [0.5, 0.6) is 0 Å². The van der Waals surface area contributed by atoms with Crippen LogP contribution in [0.25, 0.3) is 0 Å². The number of carbonyl (C=O) groups is 1. The summed E-state index contributed by atoms with van der Waals surface area (Å²) in [6, 6.07) is -0.414. The van der Waals surface area contributed by atoms with Crippen LogP contribution in [-0.4, -0.2) is 66.2 Å². The maximum absolute atomic E-state index is 12.2. The predicted octanol–water partition coefficient (Wildman–Crippen LogP) is 0.788. The molecular weight excluding hydrogens is 296 g/mol. The fraction of sp³-hybridized carbons (Fsp3) is 0.750. The SMILES string of the molecule is CCCS(=O)(=O)c1ncn(C(=O)N(CC)CCOCC)n1. The lowest BCUT2D eigenvalue weighted by Crippen LogP contribution is -2.37. The average Bonchev–Trinajstić information content (AvgIpc) is 2.93. The minimum atomic E-state index is -3.51. The van der Waals surface area contributed by atoms with Gasteiger partial charge in [-0.3, -0.25) is 0 Å². The quantitative estimate of drug-likeness (QED) is 0.658. The van der Waals surface area contributed by atoms with E-state index in [0.717, 1.165) is 11.0 Å². The van der Waals surface area contributed by atoms with E-state index in [0.29, 0.717) is 32.7 Å². The van der Waals surface area contributed by atoms with E-state index in [2.05, 4.69) is 10.1 Å². The van der Waals surface area contributed by atoms with Gasteiger partial charge in [0, 0.05) is 19.7 Å². The Kier molecular flexibility index (Phi) is 6.76. The fourth-order valence-electron chi connectivity index (χ4n) is 1.70. The lowest BCUT2D eigenvalue weighted by Gasteiger charge is -2.19. The second-order valence-electron chi connectivity index (χ2n) is 4.35. The Morgan fingerprint density at radius 1 is 1.38 bits per heavy atom. The zero-order valence-corrected chi connectivity index (χ0v) is 13.5. The molecule has 0 radical (unpaired) electrons. The van der Waals surface area contributed by atoms with Gasteiger partial charge < -0.3 is 9.64 Å². The number of rotatable bonds is 8. The van der Waals surface area contributed by atoms with Crippen LogP contribution in [0, 0.1) is 0 Å². The molecule has 1 aromatic rings. The molecule has 120 valence electrons. The molecule has 0 atom stereocenters. The standard InChI is InChI=1S/C12H22N4O4S/c1-4-9-21(18,19)11-13-10-16(14-11)12(17)15(5-2)7-8-20-6-3/h10H,4-9H2,1-3H3. The smallest absolute Gasteiger partial charge is 0.346 e. The molecule has 0 aliphatic rings. The number of hydrogen-bond acceptors (Lipinski definition) is 6. The first-order valence-corrected chi connectivity index (χ1v) is 8.62. The van der Waals surface area contributed by atoms with Crippen LogP contribution in [0.15, 0.2) is 11.5 Å². The average molecular weight is 318 g/mol. The molecule has 0 aliphatic heterocycles. The summed E-state index contributed by atoms with van der Waals surface area (Å²) in [7, 11) is -3.51. The maximum atomic E-state index is 12.2. The molecule has 0 fully saturated rings. The normalized spacial score (nSPS) is 11.6. The van der Waals surface area contributed by atoms with E-state index in [-0.39, 0.29) is 10.9 Å². The van der Waals surface area contributed by atoms with Crippen LogP contribution >= 0.6 is 0 Å². The summed E-state index contributed by atoms with van der Waals surface area (Å²) in [5.74, 6) is -0.0347. The topological polar surface area (TPSA) is 94.4 Å². The highest BCUT2D eigenvalue weighted by atomic mass is 32.2. The molecule has 1 rings (SSSR count). The van der Waals surface area contributed by atoms with Gasteiger partial charge in [0.05, 0.1) is 12.4 Å². The van der Waals surface area contributed by atoms with Crippen LogP contribution in [0.1, 0.15) is 27.2 Å². The van der Waals surface area contributed by atoms with E-state index < -0.39 is 15.9 Å². The molecule has 9 heteroatoms. The van der Waals surface area contributed by atoms with Crippen molar-refractivity contribution < 1.29 is 17.9 Å². The molecule has 0 saturated heterocycles. The number of nitrogens with zero attached hydrogens (tertiary/aromatic N) is 4. The third-order valence-electron chi connectivity index (χ3n) is 2.78. The zero-order chi connectivity index (χ0) is 15.9. The Bertz CT molecular complexity index is 555. The third-order valence-corrected chi connectivity index (χ3v) is 4.47. The summed E-state index contributed by atoms with van der Waals surface area (Å²) >= 11 is 0. The number of carbonyl (C=O) groups excluding carboxylic acids is 1. The molecule has 8 nitrogen and oxygen atoms in total. The van der Waals surface area contributed by atoms with Crippen molar-refractivity contribution in [3.05, 3.63) is 6.33 Å².